The average molecular weight is 352 g/mol. The standard InChI is InChI=1S/C19H14ClN3O2/c1-11-7-8-16(24)13(9-11)17-15(20)10-14-18(21-17)22-23(19(14)25)12-5-3-2-4-6-12/h2-10,24H,1H3,(H,21,22). The number of para-hydroxylation sites is 1. The number of nitrogens with one attached hydrogen (secondary N) is 1. The number of aromatic hydroxyl groups is 1. The van der Waals surface area contributed by atoms with Gasteiger partial charge < -0.3 is 5.11 Å². The maximum Gasteiger partial charge on any atom is 0.280 e. The van der Waals surface area contributed by atoms with Crippen molar-refractivity contribution < 1.29 is 5.11 Å². The van der Waals surface area contributed by atoms with E-state index in [1.807, 2.05) is 43.3 Å². The predicted octanol–water partition coefficient (Wildman–Crippen LogP) is 4.05. The van der Waals surface area contributed by atoms with Gasteiger partial charge in [0.05, 0.1) is 21.8 Å². The van der Waals surface area contributed by atoms with Crippen molar-refractivity contribution in [1.82, 2.24) is 14.8 Å². The third kappa shape index (κ3) is 2.58. The molecular weight excluding hydrogens is 338 g/mol. The topological polar surface area (TPSA) is 70.9 Å². The molecule has 0 aliphatic rings. The zero-order chi connectivity index (χ0) is 17.6. The number of phenolic OH excluding ortho intramolecular Hbond substituents is 1. The number of hydrogen-bond donors (Lipinski definition) is 2. The van der Waals surface area contributed by atoms with Gasteiger partial charge in [0.1, 0.15) is 5.75 Å². The first kappa shape index (κ1) is 15.5. The number of H-pyrrole nitrogens is 1. The number of phenols is 1. The molecular formula is C19H14ClN3O2. The van der Waals surface area contributed by atoms with Crippen LogP contribution in [0, 0.1) is 6.92 Å². The Morgan fingerprint density at radius 3 is 2.64 bits per heavy atom. The molecule has 0 saturated carbocycles. The Labute approximate surface area is 148 Å². The number of pyridine rings is 1. The summed E-state index contributed by atoms with van der Waals surface area (Å²) in [7, 11) is 0. The van der Waals surface area contributed by atoms with Crippen molar-refractivity contribution >= 4 is 22.6 Å². The van der Waals surface area contributed by atoms with Gasteiger partial charge in [-0.2, -0.15) is 0 Å². The fraction of sp³-hybridized carbons (Fsp3) is 0.0526. The highest BCUT2D eigenvalue weighted by atomic mass is 35.5. The molecule has 0 atom stereocenters. The summed E-state index contributed by atoms with van der Waals surface area (Å²) in [6, 6.07) is 16.0. The third-order valence-corrected chi connectivity index (χ3v) is 4.34. The van der Waals surface area contributed by atoms with E-state index in [4.69, 9.17) is 11.6 Å². The van der Waals surface area contributed by atoms with Gasteiger partial charge in [-0.15, -0.1) is 0 Å². The summed E-state index contributed by atoms with van der Waals surface area (Å²) in [5.41, 5.74) is 2.82. The van der Waals surface area contributed by atoms with E-state index >= 15 is 0 Å². The second kappa shape index (κ2) is 5.79. The largest absolute Gasteiger partial charge is 0.507 e. The van der Waals surface area contributed by atoms with E-state index in [-0.39, 0.29) is 11.3 Å². The van der Waals surface area contributed by atoms with E-state index in [1.165, 1.54) is 4.68 Å². The van der Waals surface area contributed by atoms with E-state index in [1.54, 1.807) is 18.2 Å². The fourth-order valence-corrected chi connectivity index (χ4v) is 3.05. The van der Waals surface area contributed by atoms with Crippen LogP contribution in [0.4, 0.5) is 0 Å². The van der Waals surface area contributed by atoms with E-state index in [2.05, 4.69) is 10.1 Å². The van der Waals surface area contributed by atoms with E-state index in [0.717, 1.165) is 5.56 Å². The van der Waals surface area contributed by atoms with Crippen LogP contribution in [0.1, 0.15) is 5.56 Å². The Balaban J connectivity index is 1.97. The maximum absolute atomic E-state index is 12.6. The predicted molar refractivity (Wildman–Crippen MR) is 98.5 cm³/mol. The zero-order valence-corrected chi connectivity index (χ0v) is 14.1. The second-order valence-corrected chi connectivity index (χ2v) is 6.23. The van der Waals surface area contributed by atoms with Gasteiger partial charge in [-0.3, -0.25) is 9.89 Å². The monoisotopic (exact) mass is 351 g/mol. The van der Waals surface area contributed by atoms with E-state index in [9.17, 15) is 9.90 Å². The first-order chi connectivity index (χ1) is 12.0. The lowest BCUT2D eigenvalue weighted by atomic mass is 10.1. The lowest BCUT2D eigenvalue weighted by Gasteiger charge is -2.07. The Morgan fingerprint density at radius 2 is 1.88 bits per heavy atom. The van der Waals surface area contributed by atoms with Crippen LogP contribution >= 0.6 is 11.6 Å². The minimum atomic E-state index is -0.226. The lowest BCUT2D eigenvalue weighted by Crippen LogP contribution is -2.13. The van der Waals surface area contributed by atoms with Crippen molar-refractivity contribution in [1.29, 1.82) is 0 Å². The number of hydrogen-bond acceptors (Lipinski definition) is 3. The van der Waals surface area contributed by atoms with Crippen LogP contribution in [0.15, 0.2) is 59.4 Å². The van der Waals surface area contributed by atoms with Crippen molar-refractivity contribution in [2.75, 3.05) is 0 Å². The quantitative estimate of drug-likeness (QED) is 0.572. The molecule has 0 bridgehead atoms. The molecule has 6 heteroatoms. The average Bonchev–Trinajstić information content (AvgIpc) is 2.93. The van der Waals surface area contributed by atoms with Gasteiger partial charge in [0.15, 0.2) is 5.65 Å². The van der Waals surface area contributed by atoms with Crippen LogP contribution in [0.2, 0.25) is 5.02 Å². The minimum absolute atomic E-state index is 0.0872. The van der Waals surface area contributed by atoms with Crippen molar-refractivity contribution in [3.05, 3.63) is 75.5 Å². The summed E-state index contributed by atoms with van der Waals surface area (Å²) >= 11 is 6.35. The van der Waals surface area contributed by atoms with E-state index in [0.29, 0.717) is 33.0 Å². The third-order valence-electron chi connectivity index (χ3n) is 4.05. The Kier molecular flexibility index (Phi) is 3.58. The molecule has 124 valence electrons. The van der Waals surface area contributed by atoms with Gasteiger partial charge in [0, 0.05) is 5.56 Å². The highest BCUT2D eigenvalue weighted by Crippen LogP contribution is 2.34. The molecule has 0 fully saturated rings. The van der Waals surface area contributed by atoms with Gasteiger partial charge in [-0.1, -0.05) is 41.4 Å². The van der Waals surface area contributed by atoms with Crippen molar-refractivity contribution in [3.8, 4) is 22.7 Å². The van der Waals surface area contributed by atoms with Crippen molar-refractivity contribution in [3.63, 3.8) is 0 Å². The molecule has 0 saturated heterocycles. The molecule has 5 nitrogen and oxygen atoms in total. The number of halogens is 1. The Morgan fingerprint density at radius 1 is 1.12 bits per heavy atom. The summed E-state index contributed by atoms with van der Waals surface area (Å²) in [5.74, 6) is 0.0872. The molecule has 0 aliphatic heterocycles. The van der Waals surface area contributed by atoms with Gasteiger partial charge in [-0.05, 0) is 37.3 Å². The summed E-state index contributed by atoms with van der Waals surface area (Å²) in [6.07, 6.45) is 0. The van der Waals surface area contributed by atoms with Gasteiger partial charge >= 0.3 is 0 Å². The first-order valence-electron chi connectivity index (χ1n) is 7.71. The van der Waals surface area contributed by atoms with Crippen LogP contribution < -0.4 is 5.56 Å². The van der Waals surface area contributed by atoms with Gasteiger partial charge in [-0.25, -0.2) is 9.67 Å². The minimum Gasteiger partial charge on any atom is -0.507 e. The van der Waals surface area contributed by atoms with Gasteiger partial charge in [0.2, 0.25) is 0 Å². The van der Waals surface area contributed by atoms with Crippen LogP contribution in [-0.4, -0.2) is 19.9 Å². The summed E-state index contributed by atoms with van der Waals surface area (Å²) < 4.78 is 1.42. The van der Waals surface area contributed by atoms with Crippen LogP contribution in [0.5, 0.6) is 5.75 Å². The lowest BCUT2D eigenvalue weighted by molar-refractivity contribution is 0.477. The van der Waals surface area contributed by atoms with Crippen LogP contribution in [0.3, 0.4) is 0 Å². The molecule has 0 radical (unpaired) electrons. The van der Waals surface area contributed by atoms with Crippen molar-refractivity contribution in [2.45, 2.75) is 6.92 Å². The number of aromatic amines is 1. The molecule has 4 aromatic rings. The zero-order valence-electron chi connectivity index (χ0n) is 13.3. The number of fused-ring (bicyclic) bond motifs is 1. The molecule has 2 aromatic heterocycles. The fourth-order valence-electron chi connectivity index (χ4n) is 2.80. The molecule has 4 rings (SSSR count). The molecule has 2 aromatic carbocycles. The first-order valence-corrected chi connectivity index (χ1v) is 8.09. The van der Waals surface area contributed by atoms with Crippen molar-refractivity contribution in [2.24, 2.45) is 0 Å². The molecule has 0 amide bonds. The van der Waals surface area contributed by atoms with Crippen LogP contribution in [0.25, 0.3) is 28.0 Å². The number of aromatic nitrogens is 3. The maximum atomic E-state index is 12.6. The number of rotatable bonds is 2. The number of benzene rings is 2. The highest BCUT2D eigenvalue weighted by molar-refractivity contribution is 6.33. The smallest absolute Gasteiger partial charge is 0.280 e. The number of nitrogens with zero attached hydrogens (tertiary/aromatic N) is 2. The summed E-state index contributed by atoms with van der Waals surface area (Å²) in [5, 5.41) is 13.9. The Bertz CT molecular complexity index is 1150. The molecule has 2 N–H and O–H groups in total. The van der Waals surface area contributed by atoms with E-state index < -0.39 is 0 Å². The van der Waals surface area contributed by atoms with Gasteiger partial charge in [0.25, 0.3) is 5.56 Å². The Hall–Kier alpha value is -3.05. The normalized spacial score (nSPS) is 11.1. The SMILES string of the molecule is Cc1ccc(O)c(-c2nc3[nH]n(-c4ccccc4)c(=O)c3cc2Cl)c1. The molecule has 25 heavy (non-hydrogen) atoms. The number of aryl methyl sites for hydroxylation is 1. The highest BCUT2D eigenvalue weighted by Gasteiger charge is 2.16. The summed E-state index contributed by atoms with van der Waals surface area (Å²) in [6.45, 7) is 1.92. The second-order valence-electron chi connectivity index (χ2n) is 5.82. The molecule has 0 unspecified atom stereocenters. The summed E-state index contributed by atoms with van der Waals surface area (Å²) in [4.78, 5) is 17.1. The molecule has 0 aliphatic carbocycles. The molecule has 0 spiro atoms. The van der Waals surface area contributed by atoms with Crippen LogP contribution in [-0.2, 0) is 0 Å². The molecule has 2 heterocycles.